The molecule has 0 spiro atoms. The number of hydrogen-bond acceptors (Lipinski definition) is 3. The summed E-state index contributed by atoms with van der Waals surface area (Å²) in [6.07, 6.45) is 4.62. The second kappa shape index (κ2) is 5.63. The Bertz CT molecular complexity index is 441. The van der Waals surface area contributed by atoms with E-state index in [0.717, 1.165) is 17.7 Å². The van der Waals surface area contributed by atoms with Gasteiger partial charge in [0, 0.05) is 15.8 Å². The lowest BCUT2D eigenvalue weighted by atomic mass is 9.95. The van der Waals surface area contributed by atoms with Crippen LogP contribution in [0.2, 0.25) is 0 Å². The quantitative estimate of drug-likeness (QED) is 0.884. The van der Waals surface area contributed by atoms with E-state index in [4.69, 9.17) is 0 Å². The molecule has 4 heteroatoms. The van der Waals surface area contributed by atoms with Gasteiger partial charge in [-0.15, -0.1) is 11.3 Å². The third-order valence-electron chi connectivity index (χ3n) is 3.65. The first kappa shape index (κ1) is 14.5. The Morgan fingerprint density at radius 1 is 1.37 bits per heavy atom. The minimum Gasteiger partial charge on any atom is -0.480 e. The number of carboxylic acids is 1. The van der Waals surface area contributed by atoms with Gasteiger partial charge in [0.1, 0.15) is 6.04 Å². The molecule has 2 N–H and O–H groups in total. The molecular weight excluding hydrogens is 258 g/mol. The van der Waals surface area contributed by atoms with E-state index in [2.05, 4.69) is 32.2 Å². The molecule has 3 nitrogen and oxygen atoms in total. The summed E-state index contributed by atoms with van der Waals surface area (Å²) < 4.78 is 0. The normalized spacial score (nSPS) is 18.7. The van der Waals surface area contributed by atoms with Crippen molar-refractivity contribution in [1.82, 2.24) is 5.32 Å². The highest BCUT2D eigenvalue weighted by atomic mass is 32.1. The number of carboxylic acid groups (broad SMARTS) is 1. The van der Waals surface area contributed by atoms with Crippen LogP contribution in [-0.2, 0) is 10.2 Å². The van der Waals surface area contributed by atoms with Crippen molar-refractivity contribution in [1.29, 1.82) is 0 Å². The summed E-state index contributed by atoms with van der Waals surface area (Å²) in [7, 11) is 0. The van der Waals surface area contributed by atoms with E-state index in [1.165, 1.54) is 17.7 Å². The molecule has 1 heterocycles. The van der Waals surface area contributed by atoms with E-state index in [1.807, 2.05) is 6.07 Å². The zero-order valence-corrected chi connectivity index (χ0v) is 12.7. The van der Waals surface area contributed by atoms with E-state index in [9.17, 15) is 9.90 Å². The molecule has 0 aliphatic heterocycles. The zero-order chi connectivity index (χ0) is 14.0. The Kier molecular flexibility index (Phi) is 4.31. The molecule has 1 aliphatic carbocycles. The molecule has 0 radical (unpaired) electrons. The van der Waals surface area contributed by atoms with Crippen LogP contribution in [0.4, 0.5) is 0 Å². The van der Waals surface area contributed by atoms with Gasteiger partial charge < -0.3 is 5.11 Å². The van der Waals surface area contributed by atoms with Crippen LogP contribution in [0, 0.1) is 0 Å². The van der Waals surface area contributed by atoms with Crippen LogP contribution in [0.25, 0.3) is 0 Å². The van der Waals surface area contributed by atoms with Gasteiger partial charge in [0.25, 0.3) is 0 Å². The third kappa shape index (κ3) is 3.57. The van der Waals surface area contributed by atoms with Crippen molar-refractivity contribution in [2.24, 2.45) is 0 Å². The van der Waals surface area contributed by atoms with Crippen molar-refractivity contribution < 1.29 is 9.90 Å². The van der Waals surface area contributed by atoms with Crippen LogP contribution in [0.5, 0.6) is 0 Å². The Balaban J connectivity index is 2.14. The predicted octanol–water partition coefficient (Wildman–Crippen LogP) is 3.70. The van der Waals surface area contributed by atoms with Crippen LogP contribution < -0.4 is 5.32 Å². The molecule has 1 atom stereocenters. The monoisotopic (exact) mass is 281 g/mol. The first-order valence-corrected chi connectivity index (χ1v) is 7.78. The lowest BCUT2D eigenvalue weighted by Gasteiger charge is -2.19. The topological polar surface area (TPSA) is 49.3 Å². The van der Waals surface area contributed by atoms with Crippen LogP contribution in [0.15, 0.2) is 12.1 Å². The molecule has 0 aromatic carbocycles. The van der Waals surface area contributed by atoms with E-state index < -0.39 is 12.0 Å². The molecule has 1 aliphatic rings. The van der Waals surface area contributed by atoms with Crippen LogP contribution in [-0.4, -0.2) is 17.1 Å². The molecule has 0 saturated heterocycles. The van der Waals surface area contributed by atoms with Gasteiger partial charge in [-0.2, -0.15) is 0 Å². The molecule has 19 heavy (non-hydrogen) atoms. The summed E-state index contributed by atoms with van der Waals surface area (Å²) in [4.78, 5) is 13.6. The van der Waals surface area contributed by atoms with Gasteiger partial charge in [0.15, 0.2) is 0 Å². The Hall–Kier alpha value is -0.870. The predicted molar refractivity (Wildman–Crippen MR) is 78.8 cm³/mol. The zero-order valence-electron chi connectivity index (χ0n) is 11.9. The highest BCUT2D eigenvalue weighted by Gasteiger charge is 2.27. The van der Waals surface area contributed by atoms with Gasteiger partial charge in [-0.3, -0.25) is 10.1 Å². The first-order valence-electron chi connectivity index (χ1n) is 6.97. The Morgan fingerprint density at radius 3 is 2.47 bits per heavy atom. The van der Waals surface area contributed by atoms with Gasteiger partial charge in [-0.05, 0) is 30.4 Å². The molecule has 1 aromatic rings. The second-order valence-corrected chi connectivity index (χ2v) is 7.49. The number of nitrogens with one attached hydrogen (secondary N) is 1. The number of hydrogen-bond donors (Lipinski definition) is 2. The van der Waals surface area contributed by atoms with Crippen molar-refractivity contribution in [3.63, 3.8) is 0 Å². The molecule has 1 fully saturated rings. The van der Waals surface area contributed by atoms with E-state index in [0.29, 0.717) is 6.04 Å². The van der Waals surface area contributed by atoms with E-state index in [-0.39, 0.29) is 5.41 Å². The van der Waals surface area contributed by atoms with Gasteiger partial charge in [-0.1, -0.05) is 33.6 Å². The molecule has 0 bridgehead atoms. The van der Waals surface area contributed by atoms with Gasteiger partial charge >= 0.3 is 5.97 Å². The fourth-order valence-electron chi connectivity index (χ4n) is 2.51. The molecular formula is C15H23NO2S. The lowest BCUT2D eigenvalue weighted by molar-refractivity contribution is -0.139. The van der Waals surface area contributed by atoms with Crippen molar-refractivity contribution in [3.8, 4) is 0 Å². The standard InChI is InChI=1S/C15H23NO2S/c1-15(2,3)12-9-8-11(19-12)13(14(17)18)16-10-6-4-5-7-10/h8-10,13,16H,4-7H2,1-3H3,(H,17,18). The highest BCUT2D eigenvalue weighted by molar-refractivity contribution is 7.12. The first-order chi connectivity index (χ1) is 8.88. The minimum absolute atomic E-state index is 0.0827. The van der Waals surface area contributed by atoms with Crippen LogP contribution in [0.3, 0.4) is 0 Å². The summed E-state index contributed by atoms with van der Waals surface area (Å²) in [5.74, 6) is -0.769. The largest absolute Gasteiger partial charge is 0.480 e. The summed E-state index contributed by atoms with van der Waals surface area (Å²) in [6, 6.07) is 3.84. The maximum atomic E-state index is 11.5. The van der Waals surface area contributed by atoms with Gasteiger partial charge in [0.2, 0.25) is 0 Å². The Labute approximate surface area is 119 Å². The summed E-state index contributed by atoms with van der Waals surface area (Å²) in [5, 5.41) is 12.8. The molecule has 2 rings (SSSR count). The van der Waals surface area contributed by atoms with Crippen molar-refractivity contribution in [3.05, 3.63) is 21.9 Å². The second-order valence-electron chi connectivity index (χ2n) is 6.37. The average Bonchev–Trinajstić information content (AvgIpc) is 2.95. The fraction of sp³-hybridized carbons (Fsp3) is 0.667. The minimum atomic E-state index is -0.769. The maximum Gasteiger partial charge on any atom is 0.326 e. The van der Waals surface area contributed by atoms with Crippen LogP contribution in [0.1, 0.15) is 62.3 Å². The average molecular weight is 281 g/mol. The van der Waals surface area contributed by atoms with E-state index >= 15 is 0 Å². The Morgan fingerprint density at radius 2 is 2.00 bits per heavy atom. The number of aliphatic carboxylic acids is 1. The summed E-state index contributed by atoms with van der Waals surface area (Å²) in [6.45, 7) is 6.47. The number of rotatable bonds is 4. The molecule has 1 unspecified atom stereocenters. The molecule has 106 valence electrons. The summed E-state index contributed by atoms with van der Waals surface area (Å²) >= 11 is 1.62. The molecule has 1 saturated carbocycles. The van der Waals surface area contributed by atoms with Gasteiger partial charge in [0.05, 0.1) is 0 Å². The number of carbonyl (C=O) groups is 1. The van der Waals surface area contributed by atoms with Gasteiger partial charge in [-0.25, -0.2) is 0 Å². The number of thiophene rings is 1. The van der Waals surface area contributed by atoms with Crippen molar-refractivity contribution in [2.45, 2.75) is 64.0 Å². The SMILES string of the molecule is CC(C)(C)c1ccc(C(NC2CCCC2)C(=O)O)s1. The molecule has 1 aromatic heterocycles. The lowest BCUT2D eigenvalue weighted by Crippen LogP contribution is -2.34. The highest BCUT2D eigenvalue weighted by Crippen LogP contribution is 2.33. The van der Waals surface area contributed by atoms with E-state index in [1.54, 1.807) is 11.3 Å². The van der Waals surface area contributed by atoms with Crippen LogP contribution >= 0.6 is 11.3 Å². The third-order valence-corrected chi connectivity index (χ3v) is 5.23. The molecule has 0 amide bonds. The smallest absolute Gasteiger partial charge is 0.326 e. The summed E-state index contributed by atoms with van der Waals surface area (Å²) in [5.41, 5.74) is 0.0827. The maximum absolute atomic E-state index is 11.5. The van der Waals surface area contributed by atoms with Crippen molar-refractivity contribution >= 4 is 17.3 Å². The fourth-order valence-corrected chi connectivity index (χ4v) is 3.63. The van der Waals surface area contributed by atoms with Crippen molar-refractivity contribution in [2.75, 3.05) is 0 Å².